The number of hydrogen-bond acceptors (Lipinski definition) is 4. The summed E-state index contributed by atoms with van der Waals surface area (Å²) in [6, 6.07) is 5.48. The third kappa shape index (κ3) is 5.03. The van der Waals surface area contributed by atoms with Crippen molar-refractivity contribution in [2.45, 2.75) is 13.3 Å². The minimum absolute atomic E-state index is 0. The van der Waals surface area contributed by atoms with Crippen molar-refractivity contribution < 1.29 is 4.79 Å². The molecule has 1 aromatic carbocycles. The number of halogens is 2. The van der Waals surface area contributed by atoms with Gasteiger partial charge in [-0.3, -0.25) is 9.79 Å². The third-order valence-corrected chi connectivity index (χ3v) is 3.64. The number of rotatable bonds is 4. The highest BCUT2D eigenvalue weighted by atomic mass is 127. The molecule has 1 aliphatic heterocycles. The van der Waals surface area contributed by atoms with Crippen molar-refractivity contribution in [3.8, 4) is 0 Å². The first-order valence-corrected chi connectivity index (χ1v) is 7.00. The molecule has 0 unspecified atom stereocenters. The van der Waals surface area contributed by atoms with Crippen molar-refractivity contribution in [2.75, 3.05) is 32.0 Å². The second-order valence-electron chi connectivity index (χ2n) is 4.76. The van der Waals surface area contributed by atoms with Crippen molar-refractivity contribution in [1.29, 1.82) is 0 Å². The van der Waals surface area contributed by atoms with Gasteiger partial charge in [0.25, 0.3) is 0 Å². The van der Waals surface area contributed by atoms with Gasteiger partial charge in [0.15, 0.2) is 5.96 Å². The monoisotopic (exact) mass is 422 g/mol. The number of hydrogen-bond donors (Lipinski definition) is 2. The lowest BCUT2D eigenvalue weighted by atomic mass is 10.2. The third-order valence-electron chi connectivity index (χ3n) is 3.24. The van der Waals surface area contributed by atoms with Crippen molar-refractivity contribution in [3.63, 3.8) is 0 Å². The lowest BCUT2D eigenvalue weighted by Gasteiger charge is -2.15. The molecule has 1 aromatic rings. The first-order valence-electron chi connectivity index (χ1n) is 6.62. The molecular formula is C14H20ClIN4O. The molecular weight excluding hydrogens is 403 g/mol. The molecule has 1 aliphatic rings. The summed E-state index contributed by atoms with van der Waals surface area (Å²) in [5.41, 5.74) is 1.65. The average Bonchev–Trinajstić information content (AvgIpc) is 2.81. The van der Waals surface area contributed by atoms with Crippen LogP contribution in [0.3, 0.4) is 0 Å². The Morgan fingerprint density at radius 2 is 2.24 bits per heavy atom. The van der Waals surface area contributed by atoms with Gasteiger partial charge in [0.05, 0.1) is 6.54 Å². The Morgan fingerprint density at radius 1 is 1.48 bits per heavy atom. The molecule has 0 atom stereocenters. The lowest BCUT2D eigenvalue weighted by Crippen LogP contribution is -2.37. The van der Waals surface area contributed by atoms with Gasteiger partial charge in [0, 0.05) is 37.3 Å². The Morgan fingerprint density at radius 3 is 2.90 bits per heavy atom. The van der Waals surface area contributed by atoms with Gasteiger partial charge < -0.3 is 15.5 Å². The van der Waals surface area contributed by atoms with E-state index in [-0.39, 0.29) is 29.9 Å². The van der Waals surface area contributed by atoms with Gasteiger partial charge in [-0.15, -0.1) is 24.0 Å². The summed E-state index contributed by atoms with van der Waals surface area (Å²) in [5, 5.41) is 6.69. The van der Waals surface area contributed by atoms with Crippen LogP contribution in [0, 0.1) is 6.92 Å². The Kier molecular flexibility index (Phi) is 7.24. The summed E-state index contributed by atoms with van der Waals surface area (Å²) in [6.07, 6.45) is 0.388. The zero-order valence-corrected chi connectivity index (χ0v) is 15.2. The SMILES string of the molecule is Cc1c(Cl)cccc1NC(=O)CCNC1=NCCN1C.I. The van der Waals surface area contributed by atoms with Crippen molar-refractivity contribution in [2.24, 2.45) is 4.99 Å². The van der Waals surface area contributed by atoms with Gasteiger partial charge in [-0.1, -0.05) is 17.7 Å². The molecule has 2 N–H and O–H groups in total. The Bertz CT molecular complexity index is 536. The molecule has 0 aromatic heterocycles. The number of likely N-dealkylation sites (N-methyl/N-ethyl adjacent to an activating group) is 1. The predicted octanol–water partition coefficient (Wildman–Crippen LogP) is 2.49. The fourth-order valence-corrected chi connectivity index (χ4v) is 2.14. The zero-order chi connectivity index (χ0) is 14.5. The first kappa shape index (κ1) is 18.0. The molecule has 0 radical (unpaired) electrons. The van der Waals surface area contributed by atoms with Crippen LogP contribution < -0.4 is 10.6 Å². The van der Waals surface area contributed by atoms with E-state index in [9.17, 15) is 4.79 Å². The van der Waals surface area contributed by atoms with Crippen LogP contribution in [-0.4, -0.2) is 43.4 Å². The normalized spacial score (nSPS) is 13.5. The number of benzene rings is 1. The molecule has 0 bridgehead atoms. The minimum atomic E-state index is -0.0379. The number of carbonyl (C=O) groups excluding carboxylic acids is 1. The number of nitrogens with one attached hydrogen (secondary N) is 2. The lowest BCUT2D eigenvalue weighted by molar-refractivity contribution is -0.116. The van der Waals surface area contributed by atoms with Gasteiger partial charge in [0.1, 0.15) is 0 Å². The van der Waals surface area contributed by atoms with E-state index in [1.165, 1.54) is 0 Å². The van der Waals surface area contributed by atoms with Crippen LogP contribution >= 0.6 is 35.6 Å². The number of carbonyl (C=O) groups is 1. The van der Waals surface area contributed by atoms with Crippen LogP contribution in [0.2, 0.25) is 5.02 Å². The molecule has 0 saturated carbocycles. The van der Waals surface area contributed by atoms with Crippen LogP contribution in [0.25, 0.3) is 0 Å². The fourth-order valence-electron chi connectivity index (χ4n) is 1.97. The molecule has 0 aliphatic carbocycles. The zero-order valence-electron chi connectivity index (χ0n) is 12.1. The maximum atomic E-state index is 11.9. The van der Waals surface area contributed by atoms with Gasteiger partial charge in [0.2, 0.25) is 5.91 Å². The van der Waals surface area contributed by atoms with E-state index >= 15 is 0 Å². The molecule has 5 nitrogen and oxygen atoms in total. The van der Waals surface area contributed by atoms with Gasteiger partial charge in [-0.25, -0.2) is 0 Å². The largest absolute Gasteiger partial charge is 0.356 e. The van der Waals surface area contributed by atoms with E-state index in [1.807, 2.05) is 37.1 Å². The highest BCUT2D eigenvalue weighted by molar-refractivity contribution is 14.0. The number of aliphatic imine (C=N–C) groups is 1. The van der Waals surface area contributed by atoms with Crippen LogP contribution in [0.4, 0.5) is 5.69 Å². The molecule has 21 heavy (non-hydrogen) atoms. The molecule has 1 heterocycles. The van der Waals surface area contributed by atoms with E-state index < -0.39 is 0 Å². The van der Waals surface area contributed by atoms with Crippen LogP contribution in [0.15, 0.2) is 23.2 Å². The number of guanidine groups is 1. The summed E-state index contributed by atoms with van der Waals surface area (Å²) in [4.78, 5) is 18.2. The van der Waals surface area contributed by atoms with E-state index in [4.69, 9.17) is 11.6 Å². The highest BCUT2D eigenvalue weighted by Gasteiger charge is 2.12. The summed E-state index contributed by atoms with van der Waals surface area (Å²) < 4.78 is 0. The standard InChI is InChI=1S/C14H19ClN4O.HI/c1-10-11(15)4-3-5-12(10)18-13(20)6-7-16-14-17-8-9-19(14)2;/h3-5H,6-9H2,1-2H3,(H,16,17)(H,18,20);1H. The van der Waals surface area contributed by atoms with Gasteiger partial charge >= 0.3 is 0 Å². The van der Waals surface area contributed by atoms with Crippen LogP contribution in [0.1, 0.15) is 12.0 Å². The van der Waals surface area contributed by atoms with Crippen molar-refractivity contribution >= 4 is 53.1 Å². The Hall–Kier alpha value is -1.02. The smallest absolute Gasteiger partial charge is 0.226 e. The summed E-state index contributed by atoms with van der Waals surface area (Å²) in [6.45, 7) is 4.19. The quantitative estimate of drug-likeness (QED) is 0.733. The Balaban J connectivity index is 0.00000220. The number of nitrogens with zero attached hydrogens (tertiary/aromatic N) is 2. The van der Waals surface area contributed by atoms with E-state index in [0.717, 1.165) is 30.3 Å². The van der Waals surface area contributed by atoms with Gasteiger partial charge in [-0.2, -0.15) is 0 Å². The molecule has 116 valence electrons. The number of amides is 1. The highest BCUT2D eigenvalue weighted by Crippen LogP contribution is 2.22. The van der Waals surface area contributed by atoms with Crippen molar-refractivity contribution in [3.05, 3.63) is 28.8 Å². The molecule has 0 spiro atoms. The average molecular weight is 423 g/mol. The minimum Gasteiger partial charge on any atom is -0.356 e. The van der Waals surface area contributed by atoms with E-state index in [1.54, 1.807) is 0 Å². The summed E-state index contributed by atoms with van der Waals surface area (Å²) in [7, 11) is 1.98. The molecule has 0 fully saturated rings. The maximum absolute atomic E-state index is 11.9. The second kappa shape index (κ2) is 8.43. The summed E-state index contributed by atoms with van der Waals surface area (Å²) >= 11 is 6.02. The fraction of sp³-hybridized carbons (Fsp3) is 0.429. The molecule has 1 amide bonds. The van der Waals surface area contributed by atoms with Gasteiger partial charge in [-0.05, 0) is 24.6 Å². The number of anilines is 1. The van der Waals surface area contributed by atoms with E-state index in [0.29, 0.717) is 18.0 Å². The summed E-state index contributed by atoms with van der Waals surface area (Å²) in [5.74, 6) is 0.820. The first-order chi connectivity index (χ1) is 9.58. The second-order valence-corrected chi connectivity index (χ2v) is 5.17. The predicted molar refractivity (Wildman–Crippen MR) is 97.8 cm³/mol. The maximum Gasteiger partial charge on any atom is 0.226 e. The Labute approximate surface area is 147 Å². The van der Waals surface area contributed by atoms with E-state index in [2.05, 4.69) is 15.6 Å². The van der Waals surface area contributed by atoms with Crippen molar-refractivity contribution in [1.82, 2.24) is 10.2 Å². The van der Waals surface area contributed by atoms with Crippen LogP contribution in [0.5, 0.6) is 0 Å². The van der Waals surface area contributed by atoms with Crippen LogP contribution in [-0.2, 0) is 4.79 Å². The topological polar surface area (TPSA) is 56.7 Å². The molecule has 2 rings (SSSR count). The molecule has 7 heteroatoms. The molecule has 0 saturated heterocycles.